The molecule has 2 amide bonds. The van der Waals surface area contributed by atoms with Crippen LogP contribution in [0.3, 0.4) is 0 Å². The number of aryl methyl sites for hydroxylation is 1. The number of nitrogens with one attached hydrogen (secondary N) is 1. The number of amides is 2. The van der Waals surface area contributed by atoms with Crippen molar-refractivity contribution in [2.75, 3.05) is 18.9 Å². The van der Waals surface area contributed by atoms with Gasteiger partial charge < -0.3 is 15.3 Å². The van der Waals surface area contributed by atoms with Gasteiger partial charge in [0.2, 0.25) is 0 Å². The monoisotopic (exact) mass is 276 g/mol. The summed E-state index contributed by atoms with van der Waals surface area (Å²) >= 11 is 0. The molecule has 5 heteroatoms. The van der Waals surface area contributed by atoms with Gasteiger partial charge in [0.05, 0.1) is 5.56 Å². The number of benzene rings is 1. The molecule has 0 radical (unpaired) electrons. The van der Waals surface area contributed by atoms with Crippen LogP contribution in [-0.4, -0.2) is 35.6 Å². The molecule has 1 aromatic rings. The van der Waals surface area contributed by atoms with Gasteiger partial charge in [0, 0.05) is 19.3 Å². The second-order valence-electron chi connectivity index (χ2n) is 5.44. The highest BCUT2D eigenvalue weighted by molar-refractivity contribution is 5.94. The molecule has 2 rings (SSSR count). The molecule has 1 fully saturated rings. The first kappa shape index (κ1) is 14.4. The zero-order valence-electron chi connectivity index (χ0n) is 11.8. The molecule has 0 unspecified atom stereocenters. The summed E-state index contributed by atoms with van der Waals surface area (Å²) in [6.45, 7) is 2.49. The van der Waals surface area contributed by atoms with E-state index >= 15 is 0 Å². The van der Waals surface area contributed by atoms with Crippen molar-refractivity contribution in [3.05, 3.63) is 29.3 Å². The Kier molecular flexibility index (Phi) is 4.27. The minimum Gasteiger partial charge on any atom is -0.478 e. The normalized spacial score (nSPS) is 14.5. The highest BCUT2D eigenvalue weighted by Crippen LogP contribution is 2.27. The summed E-state index contributed by atoms with van der Waals surface area (Å²) in [5, 5.41) is 11.8. The van der Waals surface area contributed by atoms with E-state index in [-0.39, 0.29) is 11.6 Å². The van der Waals surface area contributed by atoms with Gasteiger partial charge in [-0.3, -0.25) is 0 Å². The van der Waals surface area contributed by atoms with E-state index in [0.717, 1.165) is 6.54 Å². The largest absolute Gasteiger partial charge is 0.478 e. The van der Waals surface area contributed by atoms with E-state index in [2.05, 4.69) is 5.32 Å². The van der Waals surface area contributed by atoms with Crippen LogP contribution in [0.25, 0.3) is 0 Å². The van der Waals surface area contributed by atoms with Crippen LogP contribution in [0.15, 0.2) is 18.2 Å². The molecule has 1 aliphatic carbocycles. The number of carbonyl (C=O) groups excluding carboxylic acids is 1. The first-order valence-corrected chi connectivity index (χ1v) is 6.83. The summed E-state index contributed by atoms with van der Waals surface area (Å²) in [6.07, 6.45) is 3.62. The van der Waals surface area contributed by atoms with Crippen LogP contribution in [0.1, 0.15) is 35.2 Å². The van der Waals surface area contributed by atoms with Crippen molar-refractivity contribution in [1.29, 1.82) is 0 Å². The molecule has 0 aliphatic heterocycles. The van der Waals surface area contributed by atoms with Crippen LogP contribution in [0, 0.1) is 12.8 Å². The first-order valence-electron chi connectivity index (χ1n) is 6.83. The highest BCUT2D eigenvalue weighted by atomic mass is 16.4. The number of hydrogen-bond donors (Lipinski definition) is 2. The molecule has 0 aromatic heterocycles. The molecular formula is C15H20N2O3. The van der Waals surface area contributed by atoms with Crippen LogP contribution in [-0.2, 0) is 0 Å². The number of rotatable bonds is 4. The van der Waals surface area contributed by atoms with Crippen molar-refractivity contribution in [2.24, 2.45) is 5.92 Å². The molecule has 2 N–H and O–H groups in total. The molecule has 20 heavy (non-hydrogen) atoms. The maximum Gasteiger partial charge on any atom is 0.336 e. The summed E-state index contributed by atoms with van der Waals surface area (Å²) in [4.78, 5) is 24.7. The Labute approximate surface area is 118 Å². The Bertz CT molecular complexity index is 524. The van der Waals surface area contributed by atoms with Gasteiger partial charge in [0.15, 0.2) is 0 Å². The second kappa shape index (κ2) is 5.94. The van der Waals surface area contributed by atoms with Crippen LogP contribution >= 0.6 is 0 Å². The lowest BCUT2D eigenvalue weighted by molar-refractivity contribution is 0.0696. The van der Waals surface area contributed by atoms with Crippen molar-refractivity contribution in [3.8, 4) is 0 Å². The molecular weight excluding hydrogens is 256 g/mol. The Morgan fingerprint density at radius 3 is 2.65 bits per heavy atom. The lowest BCUT2D eigenvalue weighted by Crippen LogP contribution is -2.37. The third-order valence-electron chi connectivity index (χ3n) is 3.82. The van der Waals surface area contributed by atoms with Gasteiger partial charge in [-0.25, -0.2) is 9.59 Å². The molecule has 0 saturated heterocycles. The van der Waals surface area contributed by atoms with E-state index in [4.69, 9.17) is 5.11 Å². The molecule has 108 valence electrons. The number of urea groups is 1. The lowest BCUT2D eigenvalue weighted by Gasteiger charge is -2.30. The molecule has 0 heterocycles. The van der Waals surface area contributed by atoms with E-state index < -0.39 is 5.97 Å². The zero-order valence-corrected chi connectivity index (χ0v) is 11.8. The molecule has 1 saturated carbocycles. The predicted molar refractivity (Wildman–Crippen MR) is 77.1 cm³/mol. The van der Waals surface area contributed by atoms with Gasteiger partial charge in [-0.15, -0.1) is 0 Å². The minimum atomic E-state index is -0.985. The Balaban J connectivity index is 1.99. The van der Waals surface area contributed by atoms with Crippen LogP contribution in [0.2, 0.25) is 0 Å². The average Bonchev–Trinajstić information content (AvgIpc) is 2.35. The van der Waals surface area contributed by atoms with Crippen molar-refractivity contribution in [3.63, 3.8) is 0 Å². The number of carbonyl (C=O) groups is 2. The fourth-order valence-corrected chi connectivity index (χ4v) is 2.29. The number of anilines is 1. The fraction of sp³-hybridized carbons (Fsp3) is 0.467. The summed E-state index contributed by atoms with van der Waals surface area (Å²) in [7, 11) is 1.76. The van der Waals surface area contributed by atoms with E-state index in [0.29, 0.717) is 17.2 Å². The van der Waals surface area contributed by atoms with Crippen LogP contribution in [0.5, 0.6) is 0 Å². The molecule has 5 nitrogen and oxygen atoms in total. The topological polar surface area (TPSA) is 69.6 Å². The highest BCUT2D eigenvalue weighted by Gasteiger charge is 2.21. The summed E-state index contributed by atoms with van der Waals surface area (Å²) in [5.41, 5.74) is 1.40. The predicted octanol–water partition coefficient (Wildman–Crippen LogP) is 2.96. The summed E-state index contributed by atoms with van der Waals surface area (Å²) in [6, 6.07) is 4.71. The Morgan fingerprint density at radius 1 is 1.40 bits per heavy atom. The third-order valence-corrected chi connectivity index (χ3v) is 3.82. The molecule has 1 aromatic carbocycles. The minimum absolute atomic E-state index is 0.197. The first-order chi connectivity index (χ1) is 9.47. The number of nitrogens with zero attached hydrogens (tertiary/aromatic N) is 1. The smallest absolute Gasteiger partial charge is 0.336 e. The van der Waals surface area contributed by atoms with Gasteiger partial charge in [0.25, 0.3) is 0 Å². The maximum atomic E-state index is 12.0. The van der Waals surface area contributed by atoms with Gasteiger partial charge in [0.1, 0.15) is 0 Å². The van der Waals surface area contributed by atoms with Crippen molar-refractivity contribution in [2.45, 2.75) is 26.2 Å². The van der Waals surface area contributed by atoms with Crippen molar-refractivity contribution < 1.29 is 14.7 Å². The summed E-state index contributed by atoms with van der Waals surface area (Å²) in [5.74, 6) is -0.375. The Morgan fingerprint density at radius 2 is 2.10 bits per heavy atom. The standard InChI is InChI=1S/C15H20N2O3/c1-10-6-7-12(8-13(10)14(18)19)16-15(20)17(2)9-11-4-3-5-11/h6-8,11H,3-5,9H2,1-2H3,(H,16,20)(H,18,19). The molecule has 0 atom stereocenters. The van der Waals surface area contributed by atoms with E-state index in [1.807, 2.05) is 0 Å². The Hall–Kier alpha value is -2.04. The quantitative estimate of drug-likeness (QED) is 0.888. The molecule has 0 bridgehead atoms. The number of carboxylic acid groups (broad SMARTS) is 1. The SMILES string of the molecule is Cc1ccc(NC(=O)N(C)CC2CCC2)cc1C(=O)O. The summed E-state index contributed by atoms with van der Waals surface area (Å²) < 4.78 is 0. The maximum absolute atomic E-state index is 12.0. The fourth-order valence-electron chi connectivity index (χ4n) is 2.29. The molecule has 1 aliphatic rings. The average molecular weight is 276 g/mol. The van der Waals surface area contributed by atoms with Crippen molar-refractivity contribution in [1.82, 2.24) is 4.90 Å². The van der Waals surface area contributed by atoms with Gasteiger partial charge in [-0.2, -0.15) is 0 Å². The second-order valence-corrected chi connectivity index (χ2v) is 5.44. The molecule has 0 spiro atoms. The zero-order chi connectivity index (χ0) is 14.7. The number of hydrogen-bond acceptors (Lipinski definition) is 2. The van der Waals surface area contributed by atoms with Gasteiger partial charge in [-0.1, -0.05) is 12.5 Å². The van der Waals surface area contributed by atoms with E-state index in [9.17, 15) is 9.59 Å². The third kappa shape index (κ3) is 3.29. The van der Waals surface area contributed by atoms with Crippen LogP contribution < -0.4 is 5.32 Å². The van der Waals surface area contributed by atoms with Gasteiger partial charge in [-0.05, 0) is 43.4 Å². The van der Waals surface area contributed by atoms with Crippen LogP contribution in [0.4, 0.5) is 10.5 Å². The number of aromatic carboxylic acids is 1. The van der Waals surface area contributed by atoms with E-state index in [1.165, 1.54) is 25.3 Å². The van der Waals surface area contributed by atoms with Crippen molar-refractivity contribution >= 4 is 17.7 Å². The van der Waals surface area contributed by atoms with E-state index in [1.54, 1.807) is 31.0 Å². The lowest BCUT2D eigenvalue weighted by atomic mass is 9.85. The number of carboxylic acids is 1. The van der Waals surface area contributed by atoms with Gasteiger partial charge >= 0.3 is 12.0 Å².